The van der Waals surface area contributed by atoms with Crippen LogP contribution in [0.15, 0.2) is 16.6 Å². The number of hydrogen-bond acceptors (Lipinski definition) is 4. The molecule has 7 heteroatoms. The van der Waals surface area contributed by atoms with Crippen LogP contribution in [-0.4, -0.2) is 21.6 Å². The van der Waals surface area contributed by atoms with Crippen LogP contribution in [0.2, 0.25) is 0 Å². The number of fused-ring (bicyclic) bond motifs is 1. The van der Waals surface area contributed by atoms with Crippen molar-refractivity contribution in [2.75, 3.05) is 13.2 Å². The van der Waals surface area contributed by atoms with Crippen LogP contribution in [0.1, 0.15) is 5.56 Å². The molecule has 1 aliphatic heterocycles. The summed E-state index contributed by atoms with van der Waals surface area (Å²) in [4.78, 5) is 0. The Balaban J connectivity index is 2.40. The lowest BCUT2D eigenvalue weighted by atomic mass is 10.2. The van der Waals surface area contributed by atoms with Crippen LogP contribution in [0.3, 0.4) is 0 Å². The van der Waals surface area contributed by atoms with Gasteiger partial charge in [0.15, 0.2) is 11.5 Å². The van der Waals surface area contributed by atoms with Crippen LogP contribution < -0.4 is 9.47 Å². The molecular formula is C9H8BrClO4S. The van der Waals surface area contributed by atoms with Gasteiger partial charge in [-0.15, -0.1) is 0 Å². The summed E-state index contributed by atoms with van der Waals surface area (Å²) in [5.41, 5.74) is 0.555. The van der Waals surface area contributed by atoms with Crippen molar-refractivity contribution in [2.24, 2.45) is 0 Å². The van der Waals surface area contributed by atoms with E-state index in [1.807, 2.05) is 0 Å². The zero-order valence-corrected chi connectivity index (χ0v) is 11.2. The Morgan fingerprint density at radius 3 is 2.38 bits per heavy atom. The van der Waals surface area contributed by atoms with Crippen molar-refractivity contribution in [3.05, 3.63) is 22.2 Å². The van der Waals surface area contributed by atoms with Crippen LogP contribution in [0.25, 0.3) is 0 Å². The summed E-state index contributed by atoms with van der Waals surface area (Å²) in [7, 11) is 1.62. The number of hydrogen-bond donors (Lipinski definition) is 0. The molecule has 2 rings (SSSR count). The van der Waals surface area contributed by atoms with E-state index in [-0.39, 0.29) is 5.75 Å². The third kappa shape index (κ3) is 2.81. The molecule has 0 radical (unpaired) electrons. The molecule has 88 valence electrons. The van der Waals surface area contributed by atoms with Gasteiger partial charge in [-0.05, 0) is 17.7 Å². The van der Waals surface area contributed by atoms with Gasteiger partial charge in [0.25, 0.3) is 0 Å². The van der Waals surface area contributed by atoms with E-state index in [0.29, 0.717) is 34.7 Å². The number of ether oxygens (including phenoxy) is 2. The molecule has 1 aromatic rings. The number of benzene rings is 1. The van der Waals surface area contributed by atoms with Gasteiger partial charge in [-0.1, -0.05) is 15.9 Å². The second-order valence-corrected chi connectivity index (χ2v) is 6.90. The minimum Gasteiger partial charge on any atom is -0.486 e. The van der Waals surface area contributed by atoms with Crippen molar-refractivity contribution in [3.8, 4) is 11.5 Å². The molecule has 0 aliphatic carbocycles. The molecule has 0 bridgehead atoms. The zero-order valence-electron chi connectivity index (χ0n) is 8.07. The van der Waals surface area contributed by atoms with Crippen LogP contribution in [0.5, 0.6) is 11.5 Å². The van der Waals surface area contributed by atoms with Gasteiger partial charge in [-0.25, -0.2) is 8.42 Å². The van der Waals surface area contributed by atoms with Crippen molar-refractivity contribution in [1.82, 2.24) is 0 Å². The third-order valence-corrected chi connectivity index (χ3v) is 3.76. The van der Waals surface area contributed by atoms with Gasteiger partial charge in [0.05, 0.1) is 5.75 Å². The molecule has 0 spiro atoms. The van der Waals surface area contributed by atoms with Gasteiger partial charge in [0, 0.05) is 15.2 Å². The first-order chi connectivity index (χ1) is 7.46. The van der Waals surface area contributed by atoms with Gasteiger partial charge < -0.3 is 9.47 Å². The van der Waals surface area contributed by atoms with Crippen molar-refractivity contribution < 1.29 is 17.9 Å². The Labute approximate surface area is 106 Å². The average molecular weight is 328 g/mol. The highest BCUT2D eigenvalue weighted by atomic mass is 79.9. The topological polar surface area (TPSA) is 52.6 Å². The van der Waals surface area contributed by atoms with Crippen LogP contribution >= 0.6 is 26.6 Å². The van der Waals surface area contributed by atoms with Gasteiger partial charge in [0.1, 0.15) is 13.2 Å². The smallest absolute Gasteiger partial charge is 0.236 e. The van der Waals surface area contributed by atoms with Crippen molar-refractivity contribution >= 4 is 35.7 Å². The molecule has 0 atom stereocenters. The molecule has 0 amide bonds. The van der Waals surface area contributed by atoms with E-state index in [9.17, 15) is 8.42 Å². The highest BCUT2D eigenvalue weighted by Crippen LogP contribution is 2.36. The molecule has 1 heterocycles. The summed E-state index contributed by atoms with van der Waals surface area (Å²) in [5.74, 6) is 0.907. The summed E-state index contributed by atoms with van der Waals surface area (Å²) >= 11 is 3.27. The summed E-state index contributed by atoms with van der Waals surface area (Å²) in [6.45, 7) is 0.953. The van der Waals surface area contributed by atoms with E-state index in [0.717, 1.165) is 0 Å². The second kappa shape index (κ2) is 4.43. The summed E-state index contributed by atoms with van der Waals surface area (Å²) in [6, 6.07) is 3.31. The van der Waals surface area contributed by atoms with E-state index in [1.54, 1.807) is 12.1 Å². The van der Waals surface area contributed by atoms with Crippen molar-refractivity contribution in [1.29, 1.82) is 0 Å². The lowest BCUT2D eigenvalue weighted by molar-refractivity contribution is 0.171. The highest BCUT2D eigenvalue weighted by molar-refractivity contribution is 9.10. The predicted molar refractivity (Wildman–Crippen MR) is 63.6 cm³/mol. The Morgan fingerprint density at radius 2 is 1.81 bits per heavy atom. The summed E-state index contributed by atoms with van der Waals surface area (Å²) < 4.78 is 33.3. The fourth-order valence-corrected chi connectivity index (χ4v) is 3.01. The Kier molecular flexibility index (Phi) is 3.32. The fraction of sp³-hybridized carbons (Fsp3) is 0.333. The van der Waals surface area contributed by atoms with Crippen LogP contribution in [0.4, 0.5) is 0 Å². The Hall–Kier alpha value is -0.460. The molecule has 0 unspecified atom stereocenters. The first-order valence-corrected chi connectivity index (χ1v) is 7.73. The largest absolute Gasteiger partial charge is 0.486 e. The van der Waals surface area contributed by atoms with E-state index >= 15 is 0 Å². The van der Waals surface area contributed by atoms with Crippen molar-refractivity contribution in [2.45, 2.75) is 5.75 Å². The highest BCUT2D eigenvalue weighted by Gasteiger charge is 2.17. The predicted octanol–water partition coefficient (Wildman–Crippen LogP) is 2.29. The Bertz CT molecular complexity index is 514. The zero-order chi connectivity index (χ0) is 11.8. The molecular weight excluding hydrogens is 320 g/mol. The number of halogens is 2. The van der Waals surface area contributed by atoms with Gasteiger partial charge >= 0.3 is 0 Å². The molecule has 0 saturated heterocycles. The SMILES string of the molecule is O=S(=O)(Cl)Cc1cc2c(cc1Br)OCCO2. The molecule has 0 N–H and O–H groups in total. The quantitative estimate of drug-likeness (QED) is 0.782. The van der Waals surface area contributed by atoms with E-state index in [4.69, 9.17) is 20.2 Å². The lowest BCUT2D eigenvalue weighted by Gasteiger charge is -2.19. The number of rotatable bonds is 2. The van der Waals surface area contributed by atoms with Crippen LogP contribution in [0, 0.1) is 0 Å². The fourth-order valence-electron chi connectivity index (χ4n) is 1.40. The van der Waals surface area contributed by atoms with Gasteiger partial charge in [-0.3, -0.25) is 0 Å². The molecule has 4 nitrogen and oxygen atoms in total. The maximum absolute atomic E-state index is 11.0. The summed E-state index contributed by atoms with van der Waals surface area (Å²) in [5, 5.41) is 0. The second-order valence-electron chi connectivity index (χ2n) is 3.27. The molecule has 0 aromatic heterocycles. The minimum atomic E-state index is -3.58. The monoisotopic (exact) mass is 326 g/mol. The summed E-state index contributed by atoms with van der Waals surface area (Å²) in [6.07, 6.45) is 0. The maximum atomic E-state index is 11.0. The average Bonchev–Trinajstić information content (AvgIpc) is 2.17. The van der Waals surface area contributed by atoms with E-state index in [1.165, 1.54) is 0 Å². The van der Waals surface area contributed by atoms with Crippen molar-refractivity contribution in [3.63, 3.8) is 0 Å². The van der Waals surface area contributed by atoms with Gasteiger partial charge in [0.2, 0.25) is 9.05 Å². The maximum Gasteiger partial charge on any atom is 0.236 e. The molecule has 0 fully saturated rings. The first-order valence-electron chi connectivity index (χ1n) is 4.46. The molecule has 1 aromatic carbocycles. The molecule has 0 saturated carbocycles. The van der Waals surface area contributed by atoms with E-state index < -0.39 is 9.05 Å². The third-order valence-electron chi connectivity index (χ3n) is 2.04. The first kappa shape index (κ1) is 12.0. The van der Waals surface area contributed by atoms with Crippen LogP contribution in [-0.2, 0) is 14.8 Å². The standard InChI is InChI=1S/C9H8BrClO4S/c10-7-4-9-8(14-1-2-15-9)3-6(7)5-16(11,12)13/h3-4H,1-2,5H2. The van der Waals surface area contributed by atoms with Gasteiger partial charge in [-0.2, -0.15) is 0 Å². The minimum absolute atomic E-state index is 0.244. The molecule has 16 heavy (non-hydrogen) atoms. The normalized spacial score (nSPS) is 14.9. The Morgan fingerprint density at radius 1 is 1.25 bits per heavy atom. The lowest BCUT2D eigenvalue weighted by Crippen LogP contribution is -2.15. The van der Waals surface area contributed by atoms with E-state index in [2.05, 4.69) is 15.9 Å². The molecule has 1 aliphatic rings.